The second-order valence-corrected chi connectivity index (χ2v) is 7.79. The molecule has 0 saturated heterocycles. The number of amides is 1. The quantitative estimate of drug-likeness (QED) is 0.771. The molecular weight excluding hydrogens is 310 g/mol. The maximum absolute atomic E-state index is 12.5. The summed E-state index contributed by atoms with van der Waals surface area (Å²) in [6, 6.07) is 11.6. The van der Waals surface area contributed by atoms with Crippen LogP contribution in [0.2, 0.25) is 0 Å². The molecule has 1 heterocycles. The number of nitrogens with one attached hydrogen (secondary N) is 2. The number of benzene rings is 1. The van der Waals surface area contributed by atoms with E-state index in [1.807, 2.05) is 30.3 Å². The van der Waals surface area contributed by atoms with Crippen molar-refractivity contribution in [3.63, 3.8) is 0 Å². The SMILES string of the molecule is CC(C)CCNc1ccc(C(=O)Nc2ccccc2C(C)(C)C)nc1. The highest BCUT2D eigenvalue weighted by Gasteiger charge is 2.19. The van der Waals surface area contributed by atoms with Gasteiger partial charge in [-0.25, -0.2) is 4.98 Å². The summed E-state index contributed by atoms with van der Waals surface area (Å²) in [5.74, 6) is 0.471. The lowest BCUT2D eigenvalue weighted by Crippen LogP contribution is -2.19. The van der Waals surface area contributed by atoms with Gasteiger partial charge in [0.1, 0.15) is 5.69 Å². The zero-order valence-corrected chi connectivity index (χ0v) is 15.9. The fraction of sp³-hybridized carbons (Fsp3) is 0.429. The van der Waals surface area contributed by atoms with Gasteiger partial charge in [0.05, 0.1) is 11.9 Å². The molecule has 25 heavy (non-hydrogen) atoms. The number of rotatable bonds is 6. The van der Waals surface area contributed by atoms with Gasteiger partial charge in [-0.3, -0.25) is 4.79 Å². The van der Waals surface area contributed by atoms with Gasteiger partial charge in [0, 0.05) is 12.2 Å². The minimum atomic E-state index is -0.189. The average Bonchev–Trinajstić information content (AvgIpc) is 2.54. The third-order valence-corrected chi connectivity index (χ3v) is 4.03. The van der Waals surface area contributed by atoms with Crippen LogP contribution in [-0.4, -0.2) is 17.4 Å². The van der Waals surface area contributed by atoms with E-state index in [-0.39, 0.29) is 11.3 Å². The molecule has 2 N–H and O–H groups in total. The first-order chi connectivity index (χ1) is 11.8. The third kappa shape index (κ3) is 5.59. The predicted molar refractivity (Wildman–Crippen MR) is 105 cm³/mol. The van der Waals surface area contributed by atoms with Crippen molar-refractivity contribution in [2.75, 3.05) is 17.2 Å². The summed E-state index contributed by atoms with van der Waals surface area (Å²) in [6.45, 7) is 11.7. The van der Waals surface area contributed by atoms with Crippen molar-refractivity contribution < 1.29 is 4.79 Å². The zero-order valence-electron chi connectivity index (χ0n) is 15.9. The molecule has 0 radical (unpaired) electrons. The molecule has 2 aromatic rings. The van der Waals surface area contributed by atoms with Crippen LogP contribution in [0, 0.1) is 5.92 Å². The smallest absolute Gasteiger partial charge is 0.274 e. The van der Waals surface area contributed by atoms with Crippen molar-refractivity contribution in [2.45, 2.75) is 46.5 Å². The predicted octanol–water partition coefficient (Wildman–Crippen LogP) is 5.09. The fourth-order valence-corrected chi connectivity index (χ4v) is 2.57. The Bertz CT molecular complexity index is 700. The molecule has 134 valence electrons. The molecule has 0 fully saturated rings. The van der Waals surface area contributed by atoms with Crippen molar-refractivity contribution in [1.82, 2.24) is 4.98 Å². The average molecular weight is 339 g/mol. The highest BCUT2D eigenvalue weighted by molar-refractivity contribution is 6.03. The number of nitrogens with zero attached hydrogens (tertiary/aromatic N) is 1. The van der Waals surface area contributed by atoms with Crippen LogP contribution in [0.4, 0.5) is 11.4 Å². The Balaban J connectivity index is 2.05. The Labute approximate surface area is 151 Å². The van der Waals surface area contributed by atoms with E-state index in [1.165, 1.54) is 0 Å². The van der Waals surface area contributed by atoms with E-state index in [0.29, 0.717) is 11.6 Å². The Kier molecular flexibility index (Phi) is 6.18. The van der Waals surface area contributed by atoms with Crippen molar-refractivity contribution in [3.05, 3.63) is 53.9 Å². The van der Waals surface area contributed by atoms with Crippen LogP contribution in [0.3, 0.4) is 0 Å². The van der Waals surface area contributed by atoms with Crippen molar-refractivity contribution in [2.24, 2.45) is 5.92 Å². The van der Waals surface area contributed by atoms with Crippen molar-refractivity contribution >= 4 is 17.3 Å². The summed E-state index contributed by atoms with van der Waals surface area (Å²) in [5, 5.41) is 6.32. The molecule has 0 unspecified atom stereocenters. The molecule has 4 heteroatoms. The maximum Gasteiger partial charge on any atom is 0.274 e. The third-order valence-electron chi connectivity index (χ3n) is 4.03. The van der Waals surface area contributed by atoms with Crippen LogP contribution in [0.5, 0.6) is 0 Å². The highest BCUT2D eigenvalue weighted by Crippen LogP contribution is 2.29. The first kappa shape index (κ1) is 19.0. The summed E-state index contributed by atoms with van der Waals surface area (Å²) in [6.07, 6.45) is 2.82. The summed E-state index contributed by atoms with van der Waals surface area (Å²) in [7, 11) is 0. The Morgan fingerprint density at radius 1 is 1.12 bits per heavy atom. The van der Waals surface area contributed by atoms with Crippen LogP contribution in [0.15, 0.2) is 42.6 Å². The van der Waals surface area contributed by atoms with Gasteiger partial charge < -0.3 is 10.6 Å². The summed E-state index contributed by atoms with van der Waals surface area (Å²) >= 11 is 0. The second-order valence-electron chi connectivity index (χ2n) is 7.79. The normalized spacial score (nSPS) is 11.4. The molecule has 1 aromatic heterocycles. The lowest BCUT2D eigenvalue weighted by atomic mass is 9.86. The number of hydrogen-bond donors (Lipinski definition) is 2. The van der Waals surface area contributed by atoms with Crippen molar-refractivity contribution in [3.8, 4) is 0 Å². The largest absolute Gasteiger partial charge is 0.384 e. The molecule has 0 saturated carbocycles. The van der Waals surface area contributed by atoms with Crippen LogP contribution < -0.4 is 10.6 Å². The van der Waals surface area contributed by atoms with Gasteiger partial charge in [0.15, 0.2) is 0 Å². The minimum Gasteiger partial charge on any atom is -0.384 e. The molecule has 0 aliphatic heterocycles. The van der Waals surface area contributed by atoms with Gasteiger partial charge in [0.25, 0.3) is 5.91 Å². The van der Waals surface area contributed by atoms with Gasteiger partial charge in [-0.05, 0) is 41.5 Å². The molecular formula is C21H29N3O. The molecule has 0 aliphatic rings. The Hall–Kier alpha value is -2.36. The van der Waals surface area contributed by atoms with Gasteiger partial charge in [-0.15, -0.1) is 0 Å². The summed E-state index contributed by atoms with van der Waals surface area (Å²) < 4.78 is 0. The standard InChI is InChI=1S/C21H29N3O/c1-15(2)12-13-22-16-10-11-19(23-14-16)20(25)24-18-9-7-6-8-17(18)21(3,4)5/h6-11,14-15,22H,12-13H2,1-5H3,(H,24,25). The monoisotopic (exact) mass is 339 g/mol. The lowest BCUT2D eigenvalue weighted by molar-refractivity contribution is 0.102. The number of para-hydroxylation sites is 1. The van der Waals surface area contributed by atoms with Crippen LogP contribution in [-0.2, 0) is 5.41 Å². The highest BCUT2D eigenvalue weighted by atomic mass is 16.1. The fourth-order valence-electron chi connectivity index (χ4n) is 2.57. The molecule has 0 atom stereocenters. The number of hydrogen-bond acceptors (Lipinski definition) is 3. The van der Waals surface area contributed by atoms with Crippen LogP contribution in [0.25, 0.3) is 0 Å². The summed E-state index contributed by atoms with van der Waals surface area (Å²) in [5.41, 5.74) is 3.25. The molecule has 2 rings (SSSR count). The topological polar surface area (TPSA) is 54.0 Å². The number of anilines is 2. The molecule has 1 amide bonds. The van der Waals surface area contributed by atoms with E-state index in [4.69, 9.17) is 0 Å². The molecule has 0 bridgehead atoms. The number of carbonyl (C=O) groups excluding carboxylic acids is 1. The van der Waals surface area contributed by atoms with Crippen LogP contribution in [0.1, 0.15) is 57.1 Å². The number of aromatic nitrogens is 1. The van der Waals surface area contributed by atoms with E-state index in [0.717, 1.165) is 29.9 Å². The van der Waals surface area contributed by atoms with Gasteiger partial charge in [0.2, 0.25) is 0 Å². The second kappa shape index (κ2) is 8.15. The Morgan fingerprint density at radius 2 is 1.84 bits per heavy atom. The lowest BCUT2D eigenvalue weighted by Gasteiger charge is -2.22. The number of carbonyl (C=O) groups is 1. The Morgan fingerprint density at radius 3 is 2.44 bits per heavy atom. The van der Waals surface area contributed by atoms with E-state index in [2.05, 4.69) is 50.2 Å². The van der Waals surface area contributed by atoms with Gasteiger partial charge in [-0.2, -0.15) is 0 Å². The van der Waals surface area contributed by atoms with Crippen molar-refractivity contribution in [1.29, 1.82) is 0 Å². The van der Waals surface area contributed by atoms with E-state index < -0.39 is 0 Å². The van der Waals surface area contributed by atoms with Crippen LogP contribution >= 0.6 is 0 Å². The zero-order chi connectivity index (χ0) is 18.4. The first-order valence-corrected chi connectivity index (χ1v) is 8.88. The van der Waals surface area contributed by atoms with Gasteiger partial charge >= 0.3 is 0 Å². The molecule has 0 spiro atoms. The van der Waals surface area contributed by atoms with Gasteiger partial charge in [-0.1, -0.05) is 52.8 Å². The molecule has 4 nitrogen and oxygen atoms in total. The van der Waals surface area contributed by atoms with E-state index in [9.17, 15) is 4.79 Å². The van der Waals surface area contributed by atoms with E-state index >= 15 is 0 Å². The minimum absolute atomic E-state index is 0.0402. The van der Waals surface area contributed by atoms with E-state index in [1.54, 1.807) is 12.3 Å². The number of pyridine rings is 1. The molecule has 1 aromatic carbocycles. The first-order valence-electron chi connectivity index (χ1n) is 8.88. The maximum atomic E-state index is 12.5. The summed E-state index contributed by atoms with van der Waals surface area (Å²) in [4.78, 5) is 16.8. The molecule has 0 aliphatic carbocycles.